The molecule has 0 atom stereocenters. The molecule has 0 unspecified atom stereocenters. The molecule has 0 aliphatic heterocycles. The van der Waals surface area contributed by atoms with Gasteiger partial charge in [0.15, 0.2) is 23.3 Å². The minimum Gasteiger partial charge on any atom is -0.306 e. The lowest BCUT2D eigenvalue weighted by Gasteiger charge is -2.27. The summed E-state index contributed by atoms with van der Waals surface area (Å²) < 4.78 is 9.83. The van der Waals surface area contributed by atoms with Crippen LogP contribution in [0.4, 0.5) is 0 Å². The van der Waals surface area contributed by atoms with E-state index in [1.54, 1.807) is 0 Å². The molecule has 11 aromatic carbocycles. The summed E-state index contributed by atoms with van der Waals surface area (Å²) in [6.45, 7) is 0. The van der Waals surface area contributed by atoms with Crippen LogP contribution < -0.4 is 0 Å². The fourth-order valence-corrected chi connectivity index (χ4v) is 12.9. The highest BCUT2D eigenvalue weighted by molar-refractivity contribution is 6.16. The van der Waals surface area contributed by atoms with Crippen LogP contribution in [-0.4, -0.2) is 38.2 Å². The zero-order valence-corrected chi connectivity index (χ0v) is 44.1. The van der Waals surface area contributed by atoms with Crippen molar-refractivity contribution in [3.63, 3.8) is 0 Å². The zero-order chi connectivity index (χ0) is 53.8. The first kappa shape index (κ1) is 45.8. The van der Waals surface area contributed by atoms with Crippen molar-refractivity contribution < 1.29 is 0 Å². The number of pyridine rings is 1. The van der Waals surface area contributed by atoms with Crippen LogP contribution in [0.3, 0.4) is 0 Å². The molecule has 0 fully saturated rings. The highest BCUT2D eigenvalue weighted by Crippen LogP contribution is 2.49. The Morgan fingerprint density at radius 3 is 0.829 bits per heavy atom. The van der Waals surface area contributed by atoms with E-state index in [0.717, 1.165) is 138 Å². The molecule has 6 aromatic heterocycles. The molecule has 0 radical (unpaired) electrons. The third-order valence-corrected chi connectivity index (χ3v) is 16.4. The first-order valence-electron chi connectivity index (χ1n) is 27.7. The fraction of sp³-hybridized carbons (Fsp3) is 0. The van der Waals surface area contributed by atoms with Crippen LogP contribution >= 0.6 is 0 Å². The van der Waals surface area contributed by atoms with Gasteiger partial charge in [0.25, 0.3) is 0 Å². The van der Waals surface area contributed by atoms with Crippen LogP contribution in [0.2, 0.25) is 0 Å². The summed E-state index contributed by atoms with van der Waals surface area (Å²) in [5.41, 5.74) is 14.8. The second-order valence-electron chi connectivity index (χ2n) is 20.9. The molecule has 17 aromatic rings. The number of fused-ring (bicyclic) bond motifs is 12. The number of rotatable bonds is 8. The molecule has 382 valence electrons. The average Bonchev–Trinajstić information content (AvgIpc) is 2.28. The summed E-state index contributed by atoms with van der Waals surface area (Å²) in [7, 11) is 0. The Morgan fingerprint density at radius 2 is 0.463 bits per heavy atom. The molecule has 82 heavy (non-hydrogen) atoms. The normalized spacial score (nSPS) is 11.9. The van der Waals surface area contributed by atoms with E-state index in [4.69, 9.17) is 19.9 Å². The largest absolute Gasteiger partial charge is 0.306 e. The maximum absolute atomic E-state index is 6.40. The second kappa shape index (κ2) is 18.2. The van der Waals surface area contributed by atoms with Crippen LogP contribution in [0.5, 0.6) is 0 Å². The predicted octanol–water partition coefficient (Wildman–Crippen LogP) is 18.3. The molecule has 0 aliphatic rings. The molecule has 0 aliphatic carbocycles. The number of benzene rings is 11. The van der Waals surface area contributed by atoms with Crippen LogP contribution in [0.1, 0.15) is 0 Å². The van der Waals surface area contributed by atoms with Crippen molar-refractivity contribution in [1.82, 2.24) is 38.2 Å². The van der Waals surface area contributed by atoms with Gasteiger partial charge in [-0.15, -0.1) is 0 Å². The maximum Gasteiger partial charge on any atom is 0.166 e. The van der Waals surface area contributed by atoms with E-state index in [0.29, 0.717) is 17.5 Å². The molecule has 0 saturated carbocycles. The second-order valence-corrected chi connectivity index (χ2v) is 20.9. The van der Waals surface area contributed by atoms with Crippen LogP contribution in [0.15, 0.2) is 279 Å². The third kappa shape index (κ3) is 6.85. The first-order valence-corrected chi connectivity index (χ1v) is 27.7. The van der Waals surface area contributed by atoms with Crippen LogP contribution in [0.25, 0.3) is 156 Å². The molecule has 0 bridgehead atoms. The Morgan fingerprint density at radius 1 is 0.195 bits per heavy atom. The van der Waals surface area contributed by atoms with Crippen molar-refractivity contribution in [3.05, 3.63) is 279 Å². The predicted molar refractivity (Wildman–Crippen MR) is 337 cm³/mol. The van der Waals surface area contributed by atoms with Crippen LogP contribution in [0, 0.1) is 0 Å². The van der Waals surface area contributed by atoms with E-state index < -0.39 is 0 Å². The smallest absolute Gasteiger partial charge is 0.166 e. The summed E-state index contributed by atoms with van der Waals surface area (Å²) in [4.78, 5) is 22.1. The lowest BCUT2D eigenvalue weighted by molar-refractivity contribution is 0.965. The highest BCUT2D eigenvalue weighted by Gasteiger charge is 2.33. The number of aromatic nitrogens is 8. The Kier molecular flexibility index (Phi) is 10.1. The summed E-state index contributed by atoms with van der Waals surface area (Å²) in [6, 6.07) is 99.5. The molecule has 8 nitrogen and oxygen atoms in total. The SMILES string of the molecule is c1ccc(-c2nc(-c3ccccc3)nc(-c3cccc(-c4c(-n5c6ccccc6c6ccccc65)nc(-n5c6ccccc6c6ccccc65)c(-n5c6ccccc6c6ccccc65)c4-n4c5ccccc5c5ccccc54)c3)n2)cc1. The summed E-state index contributed by atoms with van der Waals surface area (Å²) in [5, 5.41) is 9.14. The number of nitrogens with zero attached hydrogens (tertiary/aromatic N) is 8. The number of para-hydroxylation sites is 8. The lowest BCUT2D eigenvalue weighted by Crippen LogP contribution is -2.16. The van der Waals surface area contributed by atoms with Gasteiger partial charge in [0, 0.05) is 59.8 Å². The fourth-order valence-electron chi connectivity index (χ4n) is 12.9. The van der Waals surface area contributed by atoms with Gasteiger partial charge in [-0.2, -0.15) is 0 Å². The minimum atomic E-state index is 0.559. The molecular weight excluding hydrogens is 1000 g/mol. The van der Waals surface area contributed by atoms with Crippen molar-refractivity contribution in [1.29, 1.82) is 0 Å². The van der Waals surface area contributed by atoms with Crippen molar-refractivity contribution in [2.45, 2.75) is 0 Å². The zero-order valence-electron chi connectivity index (χ0n) is 44.1. The molecular formula is C74H46N8. The molecule has 0 amide bonds. The average molecular weight is 1050 g/mol. The van der Waals surface area contributed by atoms with Gasteiger partial charge in [-0.25, -0.2) is 19.9 Å². The Labute approximate surface area is 470 Å². The van der Waals surface area contributed by atoms with Gasteiger partial charge < -0.3 is 9.13 Å². The topological polar surface area (TPSA) is 71.3 Å². The molecule has 6 heterocycles. The van der Waals surface area contributed by atoms with Gasteiger partial charge in [0.2, 0.25) is 0 Å². The van der Waals surface area contributed by atoms with Crippen molar-refractivity contribution in [2.75, 3.05) is 0 Å². The number of hydrogen-bond acceptors (Lipinski definition) is 4. The lowest BCUT2D eigenvalue weighted by atomic mass is 9.99. The van der Waals surface area contributed by atoms with E-state index in [2.05, 4.69) is 261 Å². The van der Waals surface area contributed by atoms with Gasteiger partial charge in [0.1, 0.15) is 11.5 Å². The quantitative estimate of drug-likeness (QED) is 0.152. The van der Waals surface area contributed by atoms with Gasteiger partial charge in [-0.3, -0.25) is 9.13 Å². The monoisotopic (exact) mass is 1050 g/mol. The molecule has 0 saturated heterocycles. The Balaban J connectivity index is 1.12. The highest BCUT2D eigenvalue weighted by atomic mass is 15.2. The maximum atomic E-state index is 6.40. The minimum absolute atomic E-state index is 0.559. The Bertz CT molecular complexity index is 5140. The summed E-state index contributed by atoms with van der Waals surface area (Å²) in [5.74, 6) is 3.28. The van der Waals surface area contributed by atoms with E-state index >= 15 is 0 Å². The molecule has 17 rings (SSSR count). The van der Waals surface area contributed by atoms with Gasteiger partial charge >= 0.3 is 0 Å². The van der Waals surface area contributed by atoms with Crippen molar-refractivity contribution >= 4 is 87.2 Å². The summed E-state index contributed by atoms with van der Waals surface area (Å²) in [6.07, 6.45) is 0. The Hall–Kier alpha value is -11.2. The van der Waals surface area contributed by atoms with E-state index in [1.807, 2.05) is 36.4 Å². The summed E-state index contributed by atoms with van der Waals surface area (Å²) >= 11 is 0. The van der Waals surface area contributed by atoms with Crippen molar-refractivity contribution in [2.24, 2.45) is 0 Å². The molecule has 8 heteroatoms. The first-order chi connectivity index (χ1) is 40.7. The standard InChI is InChI=1S/C74H46N8/c1-3-24-47(25-4-1)70-75-71(48-26-5-2-6-27-48)77-72(76-70)50-29-23-28-49(46-50)67-68(79-59-38-15-7-30-51(59)52-31-8-16-39-60(52)79)69(80-61-40-17-9-32-53(61)54-33-10-18-41-62(54)80)74(82-65-44-21-13-36-57(65)58-37-14-22-45-66(58)82)78-73(67)81-63-42-19-11-34-55(63)56-35-12-20-43-64(56)81/h1-46H. The van der Waals surface area contributed by atoms with E-state index in [9.17, 15) is 0 Å². The van der Waals surface area contributed by atoms with Crippen molar-refractivity contribution in [3.8, 4) is 68.3 Å². The van der Waals surface area contributed by atoms with Gasteiger partial charge in [0.05, 0.1) is 55.4 Å². The molecule has 0 spiro atoms. The van der Waals surface area contributed by atoms with Gasteiger partial charge in [-0.1, -0.05) is 224 Å². The third-order valence-electron chi connectivity index (χ3n) is 16.4. The molecule has 0 N–H and O–H groups in total. The van der Waals surface area contributed by atoms with E-state index in [1.165, 1.54) is 0 Å². The van der Waals surface area contributed by atoms with Crippen LogP contribution in [-0.2, 0) is 0 Å². The van der Waals surface area contributed by atoms with E-state index in [-0.39, 0.29) is 0 Å². The number of hydrogen-bond donors (Lipinski definition) is 0. The van der Waals surface area contributed by atoms with Gasteiger partial charge in [-0.05, 0) is 60.2 Å².